The summed E-state index contributed by atoms with van der Waals surface area (Å²) in [7, 11) is 0. The van der Waals surface area contributed by atoms with Gasteiger partial charge in [0, 0.05) is 19.5 Å². The van der Waals surface area contributed by atoms with Crippen molar-refractivity contribution >= 4 is 17.9 Å². The van der Waals surface area contributed by atoms with Gasteiger partial charge in [-0.1, -0.05) is 6.42 Å². The fraction of sp³-hybridized carbons (Fsp3) is 0.769. The van der Waals surface area contributed by atoms with Gasteiger partial charge in [0.15, 0.2) is 0 Å². The molecule has 0 bridgehead atoms. The molecule has 1 aliphatic carbocycles. The van der Waals surface area contributed by atoms with E-state index in [0.29, 0.717) is 24.9 Å². The van der Waals surface area contributed by atoms with E-state index in [2.05, 4.69) is 5.32 Å². The van der Waals surface area contributed by atoms with Gasteiger partial charge in [0.05, 0.1) is 0 Å². The highest BCUT2D eigenvalue weighted by molar-refractivity contribution is 5.83. The van der Waals surface area contributed by atoms with E-state index >= 15 is 0 Å². The fourth-order valence-electron chi connectivity index (χ4n) is 3.19. The number of urea groups is 1. The van der Waals surface area contributed by atoms with Gasteiger partial charge in [-0.25, -0.2) is 9.59 Å². The van der Waals surface area contributed by atoms with Crippen molar-refractivity contribution in [3.05, 3.63) is 0 Å². The number of hydrogen-bond donors (Lipinski definition) is 3. The number of rotatable bonds is 5. The van der Waals surface area contributed by atoms with E-state index in [1.54, 1.807) is 4.90 Å². The van der Waals surface area contributed by atoms with Crippen LogP contribution in [0.1, 0.15) is 32.1 Å². The van der Waals surface area contributed by atoms with E-state index in [0.717, 1.165) is 12.8 Å². The fourth-order valence-corrected chi connectivity index (χ4v) is 3.19. The zero-order chi connectivity index (χ0) is 14.7. The van der Waals surface area contributed by atoms with Crippen LogP contribution in [0.4, 0.5) is 4.79 Å². The molecule has 2 aliphatic rings. The van der Waals surface area contributed by atoms with Gasteiger partial charge in [0.2, 0.25) is 5.91 Å². The van der Waals surface area contributed by atoms with Gasteiger partial charge in [0.1, 0.15) is 6.04 Å². The maximum Gasteiger partial charge on any atom is 0.326 e. The Morgan fingerprint density at radius 3 is 2.35 bits per heavy atom. The first-order chi connectivity index (χ1) is 9.47. The number of nitrogens with zero attached hydrogens (tertiary/aromatic N) is 1. The molecule has 112 valence electrons. The van der Waals surface area contributed by atoms with E-state index in [9.17, 15) is 14.4 Å². The number of carboxylic acids is 1. The minimum Gasteiger partial charge on any atom is -0.480 e. The molecule has 2 rings (SSSR count). The highest BCUT2D eigenvalue weighted by Crippen LogP contribution is 2.37. The number of hydrogen-bond acceptors (Lipinski definition) is 3. The minimum absolute atomic E-state index is 0.0249. The Hall–Kier alpha value is -1.79. The predicted octanol–water partition coefficient (Wildman–Crippen LogP) is 0.147. The van der Waals surface area contributed by atoms with Crippen LogP contribution in [0.3, 0.4) is 0 Å². The number of carbonyl (C=O) groups is 3. The van der Waals surface area contributed by atoms with Crippen molar-refractivity contribution in [3.8, 4) is 0 Å². The summed E-state index contributed by atoms with van der Waals surface area (Å²) in [5.41, 5.74) is 5.00. The summed E-state index contributed by atoms with van der Waals surface area (Å²) in [6, 6.07) is -1.41. The lowest BCUT2D eigenvalue weighted by Gasteiger charge is -2.21. The molecule has 0 aromatic heterocycles. The van der Waals surface area contributed by atoms with Crippen LogP contribution in [-0.2, 0) is 9.59 Å². The SMILES string of the molecule is NC(=O)CC[C@H](NC(=O)N1CC2CCCC2C1)C(=O)O. The summed E-state index contributed by atoms with van der Waals surface area (Å²) in [5, 5.41) is 11.5. The molecule has 3 atom stereocenters. The van der Waals surface area contributed by atoms with Crippen LogP contribution < -0.4 is 11.1 Å². The normalized spacial score (nSPS) is 26.1. The number of primary amides is 1. The molecule has 2 unspecified atom stereocenters. The zero-order valence-electron chi connectivity index (χ0n) is 11.4. The summed E-state index contributed by atoms with van der Waals surface area (Å²) < 4.78 is 0. The lowest BCUT2D eigenvalue weighted by molar-refractivity contribution is -0.139. The Kier molecular flexibility index (Phi) is 4.46. The number of amides is 3. The van der Waals surface area contributed by atoms with Crippen molar-refractivity contribution in [1.29, 1.82) is 0 Å². The molecular formula is C13H21N3O4. The first-order valence-corrected chi connectivity index (χ1v) is 7.04. The second-order valence-electron chi connectivity index (χ2n) is 5.70. The van der Waals surface area contributed by atoms with Crippen LogP contribution in [-0.4, -0.2) is 47.0 Å². The largest absolute Gasteiger partial charge is 0.480 e. The van der Waals surface area contributed by atoms with Gasteiger partial charge >= 0.3 is 12.0 Å². The first kappa shape index (κ1) is 14.6. The van der Waals surface area contributed by atoms with Crippen molar-refractivity contribution in [2.45, 2.75) is 38.1 Å². The van der Waals surface area contributed by atoms with Gasteiger partial charge in [-0.15, -0.1) is 0 Å². The number of fused-ring (bicyclic) bond motifs is 1. The average molecular weight is 283 g/mol. The highest BCUT2D eigenvalue weighted by Gasteiger charge is 2.38. The zero-order valence-corrected chi connectivity index (χ0v) is 11.4. The monoisotopic (exact) mass is 283 g/mol. The molecule has 0 aromatic carbocycles. The van der Waals surface area contributed by atoms with Crippen LogP contribution >= 0.6 is 0 Å². The number of nitrogens with two attached hydrogens (primary N) is 1. The molecular weight excluding hydrogens is 262 g/mol. The van der Waals surface area contributed by atoms with Crippen molar-refractivity contribution in [1.82, 2.24) is 10.2 Å². The third-order valence-corrected chi connectivity index (χ3v) is 4.29. The third kappa shape index (κ3) is 3.40. The molecule has 3 amide bonds. The van der Waals surface area contributed by atoms with Crippen LogP contribution in [0.15, 0.2) is 0 Å². The molecule has 20 heavy (non-hydrogen) atoms. The molecule has 7 nitrogen and oxygen atoms in total. The Bertz CT molecular complexity index is 400. The second-order valence-corrected chi connectivity index (χ2v) is 5.70. The van der Waals surface area contributed by atoms with Gasteiger partial charge < -0.3 is 21.1 Å². The van der Waals surface area contributed by atoms with E-state index in [-0.39, 0.29) is 18.9 Å². The van der Waals surface area contributed by atoms with Crippen molar-refractivity contribution in [2.75, 3.05) is 13.1 Å². The second kappa shape index (κ2) is 6.11. The summed E-state index contributed by atoms with van der Waals surface area (Å²) in [4.78, 5) is 35.5. The number of nitrogens with one attached hydrogen (secondary N) is 1. The average Bonchev–Trinajstić information content (AvgIpc) is 2.93. The number of aliphatic carboxylic acids is 1. The summed E-state index contributed by atoms with van der Waals surface area (Å²) >= 11 is 0. The molecule has 1 saturated carbocycles. The van der Waals surface area contributed by atoms with Crippen LogP contribution in [0.2, 0.25) is 0 Å². The van der Waals surface area contributed by atoms with Gasteiger partial charge in [-0.3, -0.25) is 4.79 Å². The topological polar surface area (TPSA) is 113 Å². The summed E-state index contributed by atoms with van der Waals surface area (Å²) in [6.07, 6.45) is 3.50. The van der Waals surface area contributed by atoms with Crippen molar-refractivity contribution in [3.63, 3.8) is 0 Å². The van der Waals surface area contributed by atoms with E-state index < -0.39 is 17.9 Å². The minimum atomic E-state index is -1.14. The molecule has 0 radical (unpaired) electrons. The molecule has 0 spiro atoms. The van der Waals surface area contributed by atoms with E-state index in [1.807, 2.05) is 0 Å². The lowest BCUT2D eigenvalue weighted by atomic mass is 10.0. The molecule has 1 heterocycles. The summed E-state index contributed by atoms with van der Waals surface area (Å²) in [6.45, 7) is 1.41. The van der Waals surface area contributed by atoms with Crippen molar-refractivity contribution in [2.24, 2.45) is 17.6 Å². The van der Waals surface area contributed by atoms with Gasteiger partial charge in [0.25, 0.3) is 0 Å². The Balaban J connectivity index is 1.85. The van der Waals surface area contributed by atoms with Crippen molar-refractivity contribution < 1.29 is 19.5 Å². The smallest absolute Gasteiger partial charge is 0.326 e. The molecule has 7 heteroatoms. The third-order valence-electron chi connectivity index (χ3n) is 4.29. The molecule has 0 aromatic rings. The standard InChI is InChI=1S/C13H21N3O4/c14-11(17)5-4-10(12(18)19)15-13(20)16-6-8-2-1-3-9(8)7-16/h8-10H,1-7H2,(H2,14,17)(H,15,20)(H,18,19)/t8?,9?,10-/m0/s1. The maximum atomic E-state index is 12.1. The first-order valence-electron chi connectivity index (χ1n) is 7.04. The Labute approximate surface area is 117 Å². The lowest BCUT2D eigenvalue weighted by Crippen LogP contribution is -2.47. The quantitative estimate of drug-likeness (QED) is 0.666. The molecule has 4 N–H and O–H groups in total. The summed E-state index contributed by atoms with van der Waals surface area (Å²) in [5.74, 6) is -0.579. The molecule has 2 fully saturated rings. The Morgan fingerprint density at radius 1 is 1.25 bits per heavy atom. The van der Waals surface area contributed by atoms with Gasteiger partial charge in [-0.2, -0.15) is 0 Å². The predicted molar refractivity (Wildman–Crippen MR) is 70.8 cm³/mol. The van der Waals surface area contributed by atoms with E-state index in [4.69, 9.17) is 10.8 Å². The Morgan fingerprint density at radius 2 is 1.85 bits per heavy atom. The van der Waals surface area contributed by atoms with E-state index in [1.165, 1.54) is 6.42 Å². The highest BCUT2D eigenvalue weighted by atomic mass is 16.4. The number of likely N-dealkylation sites (tertiary alicyclic amines) is 1. The number of carbonyl (C=O) groups excluding carboxylic acids is 2. The van der Waals surface area contributed by atoms with Crippen LogP contribution in [0.25, 0.3) is 0 Å². The van der Waals surface area contributed by atoms with Crippen LogP contribution in [0, 0.1) is 11.8 Å². The van der Waals surface area contributed by atoms with Crippen LogP contribution in [0.5, 0.6) is 0 Å². The molecule has 1 saturated heterocycles. The van der Waals surface area contributed by atoms with Gasteiger partial charge in [-0.05, 0) is 31.1 Å². The molecule has 1 aliphatic heterocycles. The number of carboxylic acid groups (broad SMARTS) is 1. The maximum absolute atomic E-state index is 12.1.